The summed E-state index contributed by atoms with van der Waals surface area (Å²) in [6.45, 7) is 9.30. The molecule has 0 atom stereocenters. The van der Waals surface area contributed by atoms with E-state index in [4.69, 9.17) is 0 Å². The second-order valence-corrected chi connectivity index (χ2v) is 6.37. The van der Waals surface area contributed by atoms with Crippen LogP contribution in [-0.4, -0.2) is 17.4 Å². The van der Waals surface area contributed by atoms with Gasteiger partial charge in [0.2, 0.25) is 0 Å². The summed E-state index contributed by atoms with van der Waals surface area (Å²) in [5, 5.41) is 6.25. The van der Waals surface area contributed by atoms with Crippen molar-refractivity contribution < 1.29 is 4.79 Å². The van der Waals surface area contributed by atoms with E-state index in [9.17, 15) is 4.79 Å². The molecule has 2 rings (SSSR count). The first kappa shape index (κ1) is 17.0. The van der Waals surface area contributed by atoms with Crippen LogP contribution in [0.5, 0.6) is 0 Å². The Hall–Kier alpha value is -2.36. The second kappa shape index (κ2) is 7.77. The summed E-state index contributed by atoms with van der Waals surface area (Å²) < 4.78 is 0. The van der Waals surface area contributed by atoms with Crippen LogP contribution in [-0.2, 0) is 0 Å². The predicted octanol–water partition coefficient (Wildman–Crippen LogP) is 4.41. The van der Waals surface area contributed by atoms with E-state index in [1.807, 2.05) is 32.0 Å². The molecule has 0 aliphatic carbocycles. The molecule has 4 nitrogen and oxygen atoms in total. The first-order valence-electron chi connectivity index (χ1n) is 8.03. The largest absolute Gasteiger partial charge is 0.385 e. The number of rotatable bonds is 6. The van der Waals surface area contributed by atoms with Crippen LogP contribution in [0.25, 0.3) is 0 Å². The molecule has 1 heterocycles. The standard InChI is InChI=1S/C19H25N3O/c1-13(2)5-7-20-16-6-8-21-18(12-16)19(23)22-17-10-14(3)9-15(4)11-17/h6,8-13H,5,7H2,1-4H3,(H,20,21)(H,22,23). The molecule has 2 aromatic rings. The minimum Gasteiger partial charge on any atom is -0.385 e. The first-order valence-corrected chi connectivity index (χ1v) is 8.03. The third-order valence-electron chi connectivity index (χ3n) is 3.52. The van der Waals surface area contributed by atoms with Crippen molar-refractivity contribution in [3.05, 3.63) is 53.3 Å². The summed E-state index contributed by atoms with van der Waals surface area (Å²) >= 11 is 0. The number of hydrogen-bond acceptors (Lipinski definition) is 3. The molecular weight excluding hydrogens is 286 g/mol. The number of aryl methyl sites for hydroxylation is 2. The van der Waals surface area contributed by atoms with E-state index in [-0.39, 0.29) is 5.91 Å². The topological polar surface area (TPSA) is 54.0 Å². The van der Waals surface area contributed by atoms with Crippen molar-refractivity contribution in [2.45, 2.75) is 34.1 Å². The Morgan fingerprint density at radius 3 is 2.43 bits per heavy atom. The third kappa shape index (κ3) is 5.40. The Morgan fingerprint density at radius 1 is 1.09 bits per heavy atom. The van der Waals surface area contributed by atoms with E-state index in [2.05, 4.69) is 35.5 Å². The molecule has 0 saturated heterocycles. The van der Waals surface area contributed by atoms with Crippen LogP contribution in [0.3, 0.4) is 0 Å². The van der Waals surface area contributed by atoms with Crippen molar-refractivity contribution in [2.75, 3.05) is 17.2 Å². The molecule has 0 radical (unpaired) electrons. The molecule has 23 heavy (non-hydrogen) atoms. The average Bonchev–Trinajstić information content (AvgIpc) is 2.46. The zero-order chi connectivity index (χ0) is 16.8. The van der Waals surface area contributed by atoms with Crippen molar-refractivity contribution in [1.29, 1.82) is 0 Å². The van der Waals surface area contributed by atoms with Gasteiger partial charge in [-0.2, -0.15) is 0 Å². The Bertz CT molecular complexity index is 660. The van der Waals surface area contributed by atoms with E-state index in [0.29, 0.717) is 11.6 Å². The number of pyridine rings is 1. The van der Waals surface area contributed by atoms with Gasteiger partial charge in [-0.15, -0.1) is 0 Å². The lowest BCUT2D eigenvalue weighted by Crippen LogP contribution is -2.14. The molecule has 0 aliphatic rings. The fraction of sp³-hybridized carbons (Fsp3) is 0.368. The summed E-state index contributed by atoms with van der Waals surface area (Å²) in [6.07, 6.45) is 2.75. The van der Waals surface area contributed by atoms with Crippen LogP contribution in [0.1, 0.15) is 41.9 Å². The maximum atomic E-state index is 12.4. The molecular formula is C19H25N3O. The smallest absolute Gasteiger partial charge is 0.274 e. The number of hydrogen-bond donors (Lipinski definition) is 2. The SMILES string of the molecule is Cc1cc(C)cc(NC(=O)c2cc(NCCC(C)C)ccn2)c1. The lowest BCUT2D eigenvalue weighted by molar-refractivity contribution is 0.102. The van der Waals surface area contributed by atoms with E-state index >= 15 is 0 Å². The molecule has 0 unspecified atom stereocenters. The van der Waals surface area contributed by atoms with E-state index in [0.717, 1.165) is 35.5 Å². The highest BCUT2D eigenvalue weighted by Crippen LogP contribution is 2.16. The monoisotopic (exact) mass is 311 g/mol. The van der Waals surface area contributed by atoms with E-state index < -0.39 is 0 Å². The van der Waals surface area contributed by atoms with Crippen LogP contribution < -0.4 is 10.6 Å². The van der Waals surface area contributed by atoms with Gasteiger partial charge in [0, 0.05) is 24.1 Å². The number of nitrogens with one attached hydrogen (secondary N) is 2. The number of amides is 1. The minimum absolute atomic E-state index is 0.192. The number of anilines is 2. The van der Waals surface area contributed by atoms with Crippen LogP contribution in [0, 0.1) is 19.8 Å². The highest BCUT2D eigenvalue weighted by atomic mass is 16.1. The number of nitrogens with zero attached hydrogens (tertiary/aromatic N) is 1. The lowest BCUT2D eigenvalue weighted by atomic mass is 10.1. The van der Waals surface area contributed by atoms with Crippen molar-refractivity contribution in [3.8, 4) is 0 Å². The fourth-order valence-electron chi connectivity index (χ4n) is 2.41. The molecule has 0 aliphatic heterocycles. The number of aromatic nitrogens is 1. The van der Waals surface area contributed by atoms with Crippen molar-refractivity contribution in [2.24, 2.45) is 5.92 Å². The maximum Gasteiger partial charge on any atom is 0.274 e. The molecule has 0 spiro atoms. The van der Waals surface area contributed by atoms with Crippen molar-refractivity contribution >= 4 is 17.3 Å². The second-order valence-electron chi connectivity index (χ2n) is 6.37. The van der Waals surface area contributed by atoms with Gasteiger partial charge in [0.15, 0.2) is 0 Å². The van der Waals surface area contributed by atoms with E-state index in [1.54, 1.807) is 12.3 Å². The van der Waals surface area contributed by atoms with Gasteiger partial charge in [0.05, 0.1) is 0 Å². The van der Waals surface area contributed by atoms with Gasteiger partial charge in [0.1, 0.15) is 5.69 Å². The molecule has 122 valence electrons. The third-order valence-corrected chi connectivity index (χ3v) is 3.52. The minimum atomic E-state index is -0.192. The number of benzene rings is 1. The van der Waals surface area contributed by atoms with Gasteiger partial charge in [0.25, 0.3) is 5.91 Å². The van der Waals surface area contributed by atoms with Gasteiger partial charge in [-0.3, -0.25) is 9.78 Å². The normalized spacial score (nSPS) is 10.7. The Balaban J connectivity index is 2.04. The zero-order valence-corrected chi connectivity index (χ0v) is 14.3. The molecule has 0 bridgehead atoms. The van der Waals surface area contributed by atoms with Gasteiger partial charge < -0.3 is 10.6 Å². The molecule has 0 fully saturated rings. The van der Waals surface area contributed by atoms with Gasteiger partial charge in [-0.1, -0.05) is 19.9 Å². The van der Waals surface area contributed by atoms with Crippen LogP contribution in [0.4, 0.5) is 11.4 Å². The highest BCUT2D eigenvalue weighted by molar-refractivity contribution is 6.03. The zero-order valence-electron chi connectivity index (χ0n) is 14.3. The molecule has 1 aromatic carbocycles. The van der Waals surface area contributed by atoms with Crippen LogP contribution in [0.15, 0.2) is 36.5 Å². The van der Waals surface area contributed by atoms with E-state index in [1.165, 1.54) is 0 Å². The molecule has 4 heteroatoms. The Labute approximate surface area is 138 Å². The summed E-state index contributed by atoms with van der Waals surface area (Å²) in [5.41, 5.74) is 4.38. The summed E-state index contributed by atoms with van der Waals surface area (Å²) in [4.78, 5) is 16.5. The quantitative estimate of drug-likeness (QED) is 0.831. The Morgan fingerprint density at radius 2 is 1.78 bits per heavy atom. The maximum absolute atomic E-state index is 12.4. The van der Waals surface area contributed by atoms with Crippen LogP contribution in [0.2, 0.25) is 0 Å². The number of carbonyl (C=O) groups excluding carboxylic acids is 1. The van der Waals surface area contributed by atoms with Gasteiger partial charge >= 0.3 is 0 Å². The van der Waals surface area contributed by atoms with Crippen molar-refractivity contribution in [3.63, 3.8) is 0 Å². The molecule has 0 saturated carbocycles. The summed E-state index contributed by atoms with van der Waals surface area (Å²) in [6, 6.07) is 9.66. The molecule has 2 N–H and O–H groups in total. The molecule has 1 amide bonds. The van der Waals surface area contributed by atoms with Gasteiger partial charge in [-0.25, -0.2) is 0 Å². The molecule has 1 aromatic heterocycles. The van der Waals surface area contributed by atoms with Crippen LogP contribution >= 0.6 is 0 Å². The summed E-state index contributed by atoms with van der Waals surface area (Å²) in [5.74, 6) is 0.458. The predicted molar refractivity (Wildman–Crippen MR) is 96.1 cm³/mol. The number of carbonyl (C=O) groups is 1. The van der Waals surface area contributed by atoms with Gasteiger partial charge in [-0.05, 0) is 61.6 Å². The highest BCUT2D eigenvalue weighted by Gasteiger charge is 2.09. The van der Waals surface area contributed by atoms with Crippen molar-refractivity contribution in [1.82, 2.24) is 4.98 Å². The first-order chi connectivity index (χ1) is 10.9. The Kier molecular flexibility index (Phi) is 5.74. The average molecular weight is 311 g/mol. The fourth-order valence-corrected chi connectivity index (χ4v) is 2.41. The lowest BCUT2D eigenvalue weighted by Gasteiger charge is -2.10. The summed E-state index contributed by atoms with van der Waals surface area (Å²) in [7, 11) is 0.